The van der Waals surface area contributed by atoms with Crippen LogP contribution in [0.25, 0.3) is 0 Å². The predicted molar refractivity (Wildman–Crippen MR) is 122 cm³/mol. The average molecular weight is 509 g/mol. The number of benzene rings is 1. The molecule has 0 heterocycles. The second kappa shape index (κ2) is 11.7. The zero-order valence-corrected chi connectivity index (χ0v) is 19.6. The van der Waals surface area contributed by atoms with E-state index in [0.717, 1.165) is 24.2 Å². The summed E-state index contributed by atoms with van der Waals surface area (Å²) in [7, 11) is -1.31. The van der Waals surface area contributed by atoms with Crippen LogP contribution in [0.4, 0.5) is 0 Å². The molecule has 1 aliphatic carbocycles. The van der Waals surface area contributed by atoms with Crippen molar-refractivity contribution >= 4 is 39.8 Å². The van der Waals surface area contributed by atoms with E-state index < -0.39 is 9.84 Å². The zero-order chi connectivity index (χ0) is 19.0. The molecule has 1 saturated carbocycles. The minimum atomic E-state index is -2.98. The van der Waals surface area contributed by atoms with Crippen LogP contribution < -0.4 is 15.4 Å². The number of aliphatic imine (C=N–C) groups is 1. The quantitative estimate of drug-likeness (QED) is 0.320. The van der Waals surface area contributed by atoms with Gasteiger partial charge in [0.15, 0.2) is 15.8 Å². The Balaban J connectivity index is 0.00000364. The van der Waals surface area contributed by atoms with Gasteiger partial charge >= 0.3 is 0 Å². The summed E-state index contributed by atoms with van der Waals surface area (Å²) in [4.78, 5) is 4.16. The summed E-state index contributed by atoms with van der Waals surface area (Å²) in [5.74, 6) is 1.77. The molecule has 0 aromatic heterocycles. The number of hydrogen-bond donors (Lipinski definition) is 2. The molecule has 1 aliphatic rings. The molecular formula is C19H32IN3O3S. The molecule has 0 atom stereocenters. The van der Waals surface area contributed by atoms with Gasteiger partial charge in [0.25, 0.3) is 0 Å². The number of nitrogens with one attached hydrogen (secondary N) is 2. The van der Waals surface area contributed by atoms with Crippen LogP contribution in [0, 0.1) is 6.92 Å². The minimum Gasteiger partial charge on any atom is -0.490 e. The summed E-state index contributed by atoms with van der Waals surface area (Å²) in [5.41, 5.74) is 2.25. The third kappa shape index (κ3) is 8.25. The SMILES string of the molecule is CCS(=O)(=O)CCNC(=NC)NCc1ccc(C)cc1OC1CCCC1.I. The minimum absolute atomic E-state index is 0. The van der Waals surface area contributed by atoms with E-state index >= 15 is 0 Å². The van der Waals surface area contributed by atoms with Gasteiger partial charge in [-0.3, -0.25) is 4.99 Å². The van der Waals surface area contributed by atoms with Crippen molar-refractivity contribution in [2.45, 2.75) is 52.2 Å². The third-order valence-electron chi connectivity index (χ3n) is 4.63. The maximum Gasteiger partial charge on any atom is 0.191 e. The summed E-state index contributed by atoms with van der Waals surface area (Å²) >= 11 is 0. The first-order valence-corrected chi connectivity index (χ1v) is 11.2. The molecule has 0 bridgehead atoms. The number of hydrogen-bond acceptors (Lipinski definition) is 4. The van der Waals surface area contributed by atoms with Crippen molar-refractivity contribution in [3.8, 4) is 5.75 Å². The second-order valence-electron chi connectivity index (χ2n) is 6.72. The Bertz CT molecular complexity index is 717. The lowest BCUT2D eigenvalue weighted by molar-refractivity contribution is 0.207. The fourth-order valence-electron chi connectivity index (χ4n) is 2.97. The molecule has 6 nitrogen and oxygen atoms in total. The largest absolute Gasteiger partial charge is 0.490 e. The monoisotopic (exact) mass is 509 g/mol. The van der Waals surface area contributed by atoms with Gasteiger partial charge in [-0.1, -0.05) is 19.1 Å². The molecule has 0 spiro atoms. The van der Waals surface area contributed by atoms with Crippen LogP contribution >= 0.6 is 24.0 Å². The van der Waals surface area contributed by atoms with Crippen molar-refractivity contribution in [1.82, 2.24) is 10.6 Å². The highest BCUT2D eigenvalue weighted by Gasteiger charge is 2.18. The van der Waals surface area contributed by atoms with Gasteiger partial charge in [0.1, 0.15) is 5.75 Å². The number of aryl methyl sites for hydroxylation is 1. The van der Waals surface area contributed by atoms with E-state index in [1.165, 1.54) is 18.4 Å². The Morgan fingerprint density at radius 2 is 1.96 bits per heavy atom. The van der Waals surface area contributed by atoms with E-state index in [-0.39, 0.29) is 35.5 Å². The lowest BCUT2D eigenvalue weighted by Crippen LogP contribution is -2.39. The highest BCUT2D eigenvalue weighted by atomic mass is 127. The second-order valence-corrected chi connectivity index (χ2v) is 9.20. The molecule has 8 heteroatoms. The fourth-order valence-corrected chi connectivity index (χ4v) is 3.67. The molecule has 1 aromatic rings. The summed E-state index contributed by atoms with van der Waals surface area (Å²) in [6.45, 7) is 4.64. The number of rotatable bonds is 8. The Hall–Kier alpha value is -1.03. The molecule has 0 saturated heterocycles. The first kappa shape index (κ1) is 24.0. The lowest BCUT2D eigenvalue weighted by atomic mass is 10.1. The standard InChI is InChI=1S/C19H31N3O3S.HI/c1-4-26(23,24)12-11-21-19(20-3)22-14-16-10-9-15(2)13-18(16)25-17-7-5-6-8-17;/h9-10,13,17H,4-8,11-12,14H2,1-3H3,(H2,20,21,22);1H. The van der Waals surface area contributed by atoms with Crippen LogP contribution in [0.3, 0.4) is 0 Å². The average Bonchev–Trinajstić information content (AvgIpc) is 3.12. The zero-order valence-electron chi connectivity index (χ0n) is 16.5. The molecule has 0 unspecified atom stereocenters. The molecule has 0 radical (unpaired) electrons. The van der Waals surface area contributed by atoms with Crippen LogP contribution in [-0.4, -0.2) is 45.6 Å². The van der Waals surface area contributed by atoms with Crippen LogP contribution in [0.2, 0.25) is 0 Å². The summed E-state index contributed by atoms with van der Waals surface area (Å²) in [6.07, 6.45) is 5.03. The van der Waals surface area contributed by atoms with Gasteiger partial charge in [0, 0.05) is 31.5 Å². The van der Waals surface area contributed by atoms with Crippen molar-refractivity contribution in [2.24, 2.45) is 4.99 Å². The van der Waals surface area contributed by atoms with Gasteiger partial charge in [-0.05, 0) is 44.2 Å². The van der Waals surface area contributed by atoms with Crippen molar-refractivity contribution < 1.29 is 13.2 Å². The molecule has 27 heavy (non-hydrogen) atoms. The lowest BCUT2D eigenvalue weighted by Gasteiger charge is -2.18. The maximum atomic E-state index is 11.6. The normalized spacial score (nSPS) is 15.3. The first-order valence-electron chi connectivity index (χ1n) is 9.34. The van der Waals surface area contributed by atoms with Crippen molar-refractivity contribution in [1.29, 1.82) is 0 Å². The van der Waals surface area contributed by atoms with Gasteiger partial charge in [-0.2, -0.15) is 0 Å². The Morgan fingerprint density at radius 1 is 1.26 bits per heavy atom. The first-order chi connectivity index (χ1) is 12.4. The van der Waals surface area contributed by atoms with E-state index in [9.17, 15) is 8.42 Å². The molecule has 1 fully saturated rings. The third-order valence-corrected chi connectivity index (χ3v) is 6.34. The fraction of sp³-hybridized carbons (Fsp3) is 0.632. The predicted octanol–water partition coefficient (Wildman–Crippen LogP) is 3.03. The van der Waals surface area contributed by atoms with E-state index in [1.807, 2.05) is 0 Å². The van der Waals surface area contributed by atoms with Crippen LogP contribution in [0.5, 0.6) is 5.75 Å². The van der Waals surface area contributed by atoms with Gasteiger partial charge in [0.2, 0.25) is 0 Å². The summed E-state index contributed by atoms with van der Waals surface area (Å²) in [5, 5.41) is 6.29. The van der Waals surface area contributed by atoms with Crippen LogP contribution in [0.15, 0.2) is 23.2 Å². The number of guanidine groups is 1. The molecule has 0 amide bonds. The van der Waals surface area contributed by atoms with Gasteiger partial charge < -0.3 is 15.4 Å². The molecule has 1 aromatic carbocycles. The number of ether oxygens (including phenoxy) is 1. The smallest absolute Gasteiger partial charge is 0.191 e. The van der Waals surface area contributed by atoms with E-state index in [4.69, 9.17) is 4.74 Å². The number of halogens is 1. The van der Waals surface area contributed by atoms with Crippen LogP contribution in [-0.2, 0) is 16.4 Å². The number of nitrogens with zero attached hydrogens (tertiary/aromatic N) is 1. The topological polar surface area (TPSA) is 79.8 Å². The Morgan fingerprint density at radius 3 is 2.59 bits per heavy atom. The molecule has 2 rings (SSSR count). The highest BCUT2D eigenvalue weighted by Crippen LogP contribution is 2.27. The molecule has 0 aliphatic heterocycles. The summed E-state index contributed by atoms with van der Waals surface area (Å²) < 4.78 is 29.4. The molecule has 2 N–H and O–H groups in total. The number of sulfone groups is 1. The van der Waals surface area contributed by atoms with Crippen molar-refractivity contribution in [3.05, 3.63) is 29.3 Å². The Kier molecular flexibility index (Phi) is 10.4. The van der Waals surface area contributed by atoms with Gasteiger partial charge in [-0.25, -0.2) is 8.42 Å². The van der Waals surface area contributed by atoms with Crippen molar-refractivity contribution in [3.63, 3.8) is 0 Å². The van der Waals surface area contributed by atoms with Gasteiger partial charge in [0.05, 0.1) is 11.9 Å². The summed E-state index contributed by atoms with van der Waals surface area (Å²) in [6, 6.07) is 6.23. The van der Waals surface area contributed by atoms with Gasteiger partial charge in [-0.15, -0.1) is 24.0 Å². The molecular weight excluding hydrogens is 477 g/mol. The van der Waals surface area contributed by atoms with Crippen LogP contribution in [0.1, 0.15) is 43.7 Å². The Labute approximate surface area is 180 Å². The van der Waals surface area contributed by atoms with E-state index in [1.54, 1.807) is 14.0 Å². The highest BCUT2D eigenvalue weighted by molar-refractivity contribution is 14.0. The van der Waals surface area contributed by atoms with Crippen molar-refractivity contribution in [2.75, 3.05) is 25.1 Å². The maximum absolute atomic E-state index is 11.6. The van der Waals surface area contributed by atoms with E-state index in [0.29, 0.717) is 25.2 Å². The molecule has 154 valence electrons. The van der Waals surface area contributed by atoms with E-state index in [2.05, 4.69) is 40.7 Å².